The smallest absolute Gasteiger partial charge is 0.408 e. The van der Waals surface area contributed by atoms with E-state index in [2.05, 4.69) is 10.6 Å². The molecule has 0 unspecified atom stereocenters. The molecule has 2 N–H and O–H groups in total. The summed E-state index contributed by atoms with van der Waals surface area (Å²) in [6.07, 6.45) is 1.03. The molecule has 176 valence electrons. The zero-order chi connectivity index (χ0) is 23.8. The third kappa shape index (κ3) is 7.63. The highest BCUT2D eigenvalue weighted by Crippen LogP contribution is 2.20. The number of hydrogen-bond donors (Lipinski definition) is 2. The fraction of sp³-hybridized carbons (Fsp3) is 0.423. The Balaban J connectivity index is 1.38. The minimum absolute atomic E-state index is 0.0741. The van der Waals surface area contributed by atoms with Crippen LogP contribution in [0.15, 0.2) is 54.6 Å². The van der Waals surface area contributed by atoms with Gasteiger partial charge in [-0.2, -0.15) is 0 Å². The van der Waals surface area contributed by atoms with Crippen LogP contribution < -0.4 is 10.6 Å². The number of nitrogens with one attached hydrogen (secondary N) is 2. The zero-order valence-corrected chi connectivity index (χ0v) is 19.6. The second-order valence-corrected chi connectivity index (χ2v) is 9.33. The number of rotatable bonds is 6. The van der Waals surface area contributed by atoms with E-state index in [1.165, 1.54) is 0 Å². The van der Waals surface area contributed by atoms with Crippen LogP contribution in [0.5, 0.6) is 0 Å². The second kappa shape index (κ2) is 11.0. The number of carbonyl (C=O) groups is 3. The fourth-order valence-corrected chi connectivity index (χ4v) is 3.74. The lowest BCUT2D eigenvalue weighted by Crippen LogP contribution is -2.46. The summed E-state index contributed by atoms with van der Waals surface area (Å²) in [6, 6.07) is 17.7. The van der Waals surface area contributed by atoms with Crippen molar-refractivity contribution in [2.45, 2.75) is 39.2 Å². The van der Waals surface area contributed by atoms with Crippen LogP contribution in [0.25, 0.3) is 11.1 Å². The van der Waals surface area contributed by atoms with Crippen LogP contribution in [-0.4, -0.2) is 54.6 Å². The van der Waals surface area contributed by atoms with E-state index >= 15 is 0 Å². The number of nitrogens with zero attached hydrogens (tertiary/aromatic N) is 1. The van der Waals surface area contributed by atoms with E-state index in [9.17, 15) is 14.4 Å². The lowest BCUT2D eigenvalue weighted by atomic mass is 9.96. The number of hydrogen-bond acceptors (Lipinski definition) is 4. The van der Waals surface area contributed by atoms with Crippen molar-refractivity contribution < 1.29 is 19.1 Å². The van der Waals surface area contributed by atoms with Gasteiger partial charge < -0.3 is 20.3 Å². The molecule has 0 atom stereocenters. The predicted octanol–water partition coefficient (Wildman–Crippen LogP) is 3.85. The maximum Gasteiger partial charge on any atom is 0.408 e. The topological polar surface area (TPSA) is 87.7 Å². The van der Waals surface area contributed by atoms with Crippen molar-refractivity contribution in [2.75, 3.05) is 26.2 Å². The maximum absolute atomic E-state index is 12.5. The third-order valence-corrected chi connectivity index (χ3v) is 5.56. The van der Waals surface area contributed by atoms with Gasteiger partial charge in [-0.05, 0) is 62.8 Å². The molecule has 0 saturated carbocycles. The molecule has 1 aliphatic heterocycles. The SMILES string of the molecule is CC(C)(C)OC(=O)NCC(=O)N1CCC(CNC(=O)c2ccc(-c3ccccc3)cc2)CC1. The van der Waals surface area contributed by atoms with Crippen LogP contribution in [0.4, 0.5) is 4.79 Å². The van der Waals surface area contributed by atoms with Crippen molar-refractivity contribution >= 4 is 17.9 Å². The van der Waals surface area contributed by atoms with Gasteiger partial charge in [-0.15, -0.1) is 0 Å². The Morgan fingerprint density at radius 1 is 0.909 bits per heavy atom. The number of benzene rings is 2. The number of carbonyl (C=O) groups excluding carboxylic acids is 3. The monoisotopic (exact) mass is 451 g/mol. The first-order chi connectivity index (χ1) is 15.7. The fourth-order valence-electron chi connectivity index (χ4n) is 3.74. The minimum atomic E-state index is -0.597. The second-order valence-electron chi connectivity index (χ2n) is 9.33. The molecule has 0 bridgehead atoms. The molecule has 0 aliphatic carbocycles. The molecule has 7 heteroatoms. The van der Waals surface area contributed by atoms with E-state index in [1.54, 1.807) is 25.7 Å². The highest BCUT2D eigenvalue weighted by Gasteiger charge is 2.24. The van der Waals surface area contributed by atoms with Crippen LogP contribution in [0, 0.1) is 5.92 Å². The quantitative estimate of drug-likeness (QED) is 0.698. The summed E-state index contributed by atoms with van der Waals surface area (Å²) in [5.41, 5.74) is 2.23. The minimum Gasteiger partial charge on any atom is -0.444 e. The molecular weight excluding hydrogens is 418 g/mol. The number of alkyl carbamates (subject to hydrolysis) is 1. The van der Waals surface area contributed by atoms with Crippen LogP contribution in [0.1, 0.15) is 44.0 Å². The lowest BCUT2D eigenvalue weighted by Gasteiger charge is -2.32. The Kier molecular flexibility index (Phi) is 8.09. The van der Waals surface area contributed by atoms with Gasteiger partial charge >= 0.3 is 6.09 Å². The van der Waals surface area contributed by atoms with E-state index in [0.29, 0.717) is 31.1 Å². The molecule has 1 aliphatic rings. The molecule has 1 heterocycles. The van der Waals surface area contributed by atoms with Gasteiger partial charge in [0.25, 0.3) is 5.91 Å². The van der Waals surface area contributed by atoms with Crippen molar-refractivity contribution in [1.82, 2.24) is 15.5 Å². The van der Waals surface area contributed by atoms with E-state index in [-0.39, 0.29) is 18.4 Å². The molecule has 2 aromatic rings. The molecule has 1 saturated heterocycles. The molecular formula is C26H33N3O4. The predicted molar refractivity (Wildman–Crippen MR) is 128 cm³/mol. The van der Waals surface area contributed by atoms with Crippen molar-refractivity contribution in [3.05, 3.63) is 60.2 Å². The lowest BCUT2D eigenvalue weighted by molar-refractivity contribution is -0.131. The molecule has 2 aromatic carbocycles. The van der Waals surface area contributed by atoms with E-state index in [0.717, 1.165) is 24.0 Å². The van der Waals surface area contributed by atoms with Gasteiger partial charge in [0.05, 0.1) is 0 Å². The molecule has 1 fully saturated rings. The van der Waals surface area contributed by atoms with Gasteiger partial charge in [-0.1, -0.05) is 42.5 Å². The van der Waals surface area contributed by atoms with E-state index in [1.807, 2.05) is 54.6 Å². The van der Waals surface area contributed by atoms with Crippen LogP contribution in [0.2, 0.25) is 0 Å². The highest BCUT2D eigenvalue weighted by atomic mass is 16.6. The van der Waals surface area contributed by atoms with Crippen molar-refractivity contribution in [1.29, 1.82) is 0 Å². The standard InChI is InChI=1S/C26H33N3O4/c1-26(2,3)33-25(32)28-18-23(30)29-15-13-19(14-16-29)17-27-24(31)22-11-9-21(10-12-22)20-7-5-4-6-8-20/h4-12,19H,13-18H2,1-3H3,(H,27,31)(H,28,32). The summed E-state index contributed by atoms with van der Waals surface area (Å²) in [6.45, 7) is 7.06. The van der Waals surface area contributed by atoms with Crippen molar-refractivity contribution in [3.63, 3.8) is 0 Å². The average Bonchev–Trinajstić information content (AvgIpc) is 2.81. The Labute approximate surface area is 195 Å². The van der Waals surface area contributed by atoms with Crippen LogP contribution in [-0.2, 0) is 9.53 Å². The van der Waals surface area contributed by atoms with Gasteiger partial charge in [0.1, 0.15) is 12.1 Å². The average molecular weight is 452 g/mol. The van der Waals surface area contributed by atoms with Gasteiger partial charge in [-0.3, -0.25) is 9.59 Å². The molecule has 0 spiro atoms. The first-order valence-corrected chi connectivity index (χ1v) is 11.4. The van der Waals surface area contributed by atoms with Gasteiger partial charge in [-0.25, -0.2) is 4.79 Å². The van der Waals surface area contributed by atoms with E-state index < -0.39 is 11.7 Å². The van der Waals surface area contributed by atoms with Gasteiger partial charge in [0.15, 0.2) is 0 Å². The molecule has 3 amide bonds. The molecule has 33 heavy (non-hydrogen) atoms. The van der Waals surface area contributed by atoms with E-state index in [4.69, 9.17) is 4.74 Å². The summed E-state index contributed by atoms with van der Waals surface area (Å²) in [5, 5.41) is 5.53. The van der Waals surface area contributed by atoms with Gasteiger partial charge in [0.2, 0.25) is 5.91 Å². The maximum atomic E-state index is 12.5. The number of amides is 3. The summed E-state index contributed by atoms with van der Waals surface area (Å²) in [5.74, 6) is 0.108. The van der Waals surface area contributed by atoms with Crippen LogP contribution in [0.3, 0.4) is 0 Å². The largest absolute Gasteiger partial charge is 0.444 e. The summed E-state index contributed by atoms with van der Waals surface area (Å²) in [4.78, 5) is 38.3. The molecule has 0 aromatic heterocycles. The van der Waals surface area contributed by atoms with Crippen LogP contribution >= 0.6 is 0 Å². The summed E-state index contributed by atoms with van der Waals surface area (Å²) >= 11 is 0. The summed E-state index contributed by atoms with van der Waals surface area (Å²) < 4.78 is 5.15. The highest BCUT2D eigenvalue weighted by molar-refractivity contribution is 5.94. The third-order valence-electron chi connectivity index (χ3n) is 5.56. The number of ether oxygens (including phenoxy) is 1. The molecule has 7 nitrogen and oxygen atoms in total. The normalized spacial score (nSPS) is 14.5. The van der Waals surface area contributed by atoms with Crippen molar-refractivity contribution in [3.8, 4) is 11.1 Å². The number of likely N-dealkylation sites (tertiary alicyclic amines) is 1. The van der Waals surface area contributed by atoms with Crippen molar-refractivity contribution in [2.24, 2.45) is 5.92 Å². The summed E-state index contributed by atoms with van der Waals surface area (Å²) in [7, 11) is 0. The Bertz CT molecular complexity index is 944. The zero-order valence-electron chi connectivity index (χ0n) is 19.6. The molecule has 0 radical (unpaired) electrons. The first kappa shape index (κ1) is 24.3. The molecule has 3 rings (SSSR count). The van der Waals surface area contributed by atoms with Gasteiger partial charge in [0, 0.05) is 25.2 Å². The Hall–Kier alpha value is -3.35. The Morgan fingerprint density at radius 3 is 2.12 bits per heavy atom. The number of piperidine rings is 1. The first-order valence-electron chi connectivity index (χ1n) is 11.4. The Morgan fingerprint density at radius 2 is 1.52 bits per heavy atom.